The SMILES string of the molecule is O=C(CN1CC2C(CNCc3cccc(OC(F)(F)F)c3)C2C1)N1CCCC(O)C1. The second kappa shape index (κ2) is 8.72. The highest BCUT2D eigenvalue weighted by atomic mass is 19.4. The van der Waals surface area contributed by atoms with E-state index in [2.05, 4.69) is 15.0 Å². The fraction of sp³-hybridized carbons (Fsp3) is 0.667. The van der Waals surface area contributed by atoms with Crippen LogP contribution in [0.5, 0.6) is 5.75 Å². The molecule has 9 heteroatoms. The van der Waals surface area contributed by atoms with Gasteiger partial charge in [0.15, 0.2) is 0 Å². The number of carbonyl (C=O) groups is 1. The third-order valence-electron chi connectivity index (χ3n) is 6.40. The lowest BCUT2D eigenvalue weighted by molar-refractivity contribution is -0.274. The highest BCUT2D eigenvalue weighted by molar-refractivity contribution is 5.78. The number of carbonyl (C=O) groups excluding carboxylic acids is 1. The van der Waals surface area contributed by atoms with Gasteiger partial charge < -0.3 is 20.1 Å². The lowest BCUT2D eigenvalue weighted by atomic mass is 10.1. The van der Waals surface area contributed by atoms with Crippen molar-refractivity contribution in [3.8, 4) is 5.75 Å². The molecule has 1 amide bonds. The predicted molar refractivity (Wildman–Crippen MR) is 104 cm³/mol. The van der Waals surface area contributed by atoms with Crippen molar-refractivity contribution in [2.45, 2.75) is 31.9 Å². The molecular weight excluding hydrogens is 399 g/mol. The third kappa shape index (κ3) is 5.44. The number of ether oxygens (including phenoxy) is 1. The van der Waals surface area contributed by atoms with Crippen LogP contribution < -0.4 is 10.1 Å². The van der Waals surface area contributed by atoms with Crippen LogP contribution in [-0.4, -0.2) is 72.5 Å². The molecule has 3 atom stereocenters. The van der Waals surface area contributed by atoms with Gasteiger partial charge in [0.1, 0.15) is 5.75 Å². The molecule has 166 valence electrons. The normalized spacial score (nSPS) is 29.0. The lowest BCUT2D eigenvalue weighted by Crippen LogP contribution is -2.46. The number of likely N-dealkylation sites (tertiary alicyclic amines) is 2. The summed E-state index contributed by atoms with van der Waals surface area (Å²) in [5.74, 6) is 1.62. The van der Waals surface area contributed by atoms with Gasteiger partial charge in [-0.1, -0.05) is 12.1 Å². The van der Waals surface area contributed by atoms with Crippen molar-refractivity contribution in [2.75, 3.05) is 39.3 Å². The minimum Gasteiger partial charge on any atom is -0.406 e. The second-order valence-corrected chi connectivity index (χ2v) is 8.65. The van der Waals surface area contributed by atoms with E-state index in [4.69, 9.17) is 0 Å². The molecule has 4 rings (SSSR count). The number of aliphatic hydroxyl groups excluding tert-OH is 1. The Hall–Kier alpha value is -1.84. The second-order valence-electron chi connectivity index (χ2n) is 8.65. The molecule has 1 aromatic rings. The van der Waals surface area contributed by atoms with Crippen LogP contribution in [0.3, 0.4) is 0 Å². The lowest BCUT2D eigenvalue weighted by Gasteiger charge is -2.31. The van der Waals surface area contributed by atoms with Crippen molar-refractivity contribution < 1.29 is 27.8 Å². The summed E-state index contributed by atoms with van der Waals surface area (Å²) in [5, 5.41) is 13.1. The number of rotatable bonds is 7. The maximum Gasteiger partial charge on any atom is 0.573 e. The van der Waals surface area contributed by atoms with Gasteiger partial charge in [0, 0.05) is 32.7 Å². The minimum absolute atomic E-state index is 0.102. The van der Waals surface area contributed by atoms with Crippen LogP contribution in [0, 0.1) is 17.8 Å². The molecule has 0 spiro atoms. The van der Waals surface area contributed by atoms with Crippen LogP contribution in [0.1, 0.15) is 18.4 Å². The fourth-order valence-corrected chi connectivity index (χ4v) is 4.88. The van der Waals surface area contributed by atoms with Crippen LogP contribution in [0.2, 0.25) is 0 Å². The maximum absolute atomic E-state index is 12.4. The van der Waals surface area contributed by atoms with E-state index in [1.807, 2.05) is 0 Å². The quantitative estimate of drug-likeness (QED) is 0.695. The van der Waals surface area contributed by atoms with Crippen LogP contribution in [-0.2, 0) is 11.3 Å². The van der Waals surface area contributed by atoms with Crippen LogP contribution >= 0.6 is 0 Å². The van der Waals surface area contributed by atoms with Crippen molar-refractivity contribution in [2.24, 2.45) is 17.8 Å². The Labute approximate surface area is 174 Å². The van der Waals surface area contributed by atoms with Crippen molar-refractivity contribution in [3.63, 3.8) is 0 Å². The molecule has 1 aromatic carbocycles. The van der Waals surface area contributed by atoms with Crippen LogP contribution in [0.4, 0.5) is 13.2 Å². The first-order valence-electron chi connectivity index (χ1n) is 10.5. The molecule has 3 unspecified atom stereocenters. The molecule has 2 N–H and O–H groups in total. The molecule has 2 aliphatic heterocycles. The van der Waals surface area contributed by atoms with E-state index in [0.29, 0.717) is 37.4 Å². The molecule has 2 heterocycles. The summed E-state index contributed by atoms with van der Waals surface area (Å²) in [6.45, 7) is 4.73. The molecular formula is C21H28F3N3O3. The fourth-order valence-electron chi connectivity index (χ4n) is 4.88. The van der Waals surface area contributed by atoms with Crippen molar-refractivity contribution in [1.29, 1.82) is 0 Å². The number of nitrogens with zero attached hydrogens (tertiary/aromatic N) is 2. The number of benzene rings is 1. The number of aliphatic hydroxyl groups is 1. The molecule has 0 radical (unpaired) electrons. The zero-order valence-electron chi connectivity index (χ0n) is 16.8. The highest BCUT2D eigenvalue weighted by Crippen LogP contribution is 2.51. The molecule has 0 aromatic heterocycles. The first kappa shape index (κ1) is 21.4. The number of hydrogen-bond acceptors (Lipinski definition) is 5. The summed E-state index contributed by atoms with van der Waals surface area (Å²) in [7, 11) is 0. The van der Waals surface area contributed by atoms with Crippen molar-refractivity contribution in [1.82, 2.24) is 15.1 Å². The van der Waals surface area contributed by atoms with E-state index in [-0.39, 0.29) is 11.7 Å². The summed E-state index contributed by atoms with van der Waals surface area (Å²) in [6.07, 6.45) is -3.45. The van der Waals surface area contributed by atoms with E-state index in [0.717, 1.165) is 44.6 Å². The monoisotopic (exact) mass is 427 g/mol. The van der Waals surface area contributed by atoms with Crippen LogP contribution in [0.15, 0.2) is 24.3 Å². The Morgan fingerprint density at radius 3 is 2.70 bits per heavy atom. The van der Waals surface area contributed by atoms with Gasteiger partial charge in [0.25, 0.3) is 0 Å². The summed E-state index contributed by atoms with van der Waals surface area (Å²) in [5.41, 5.74) is 0.749. The Morgan fingerprint density at radius 2 is 2.00 bits per heavy atom. The van der Waals surface area contributed by atoms with Gasteiger partial charge >= 0.3 is 6.36 Å². The van der Waals surface area contributed by atoms with Crippen molar-refractivity contribution in [3.05, 3.63) is 29.8 Å². The number of fused-ring (bicyclic) bond motifs is 1. The molecule has 1 saturated carbocycles. The smallest absolute Gasteiger partial charge is 0.406 e. The Morgan fingerprint density at radius 1 is 1.23 bits per heavy atom. The largest absolute Gasteiger partial charge is 0.573 e. The number of piperidine rings is 2. The first-order chi connectivity index (χ1) is 14.3. The molecule has 0 bridgehead atoms. The molecule has 2 saturated heterocycles. The van der Waals surface area contributed by atoms with E-state index in [1.54, 1.807) is 17.0 Å². The molecule has 6 nitrogen and oxygen atoms in total. The zero-order valence-corrected chi connectivity index (χ0v) is 16.8. The molecule has 30 heavy (non-hydrogen) atoms. The summed E-state index contributed by atoms with van der Waals surface area (Å²) in [4.78, 5) is 16.4. The minimum atomic E-state index is -4.68. The molecule has 3 aliphatic rings. The van der Waals surface area contributed by atoms with Gasteiger partial charge in [-0.25, -0.2) is 0 Å². The van der Waals surface area contributed by atoms with E-state index < -0.39 is 12.5 Å². The molecule has 3 fully saturated rings. The van der Waals surface area contributed by atoms with Gasteiger partial charge in [-0.3, -0.25) is 9.69 Å². The Balaban J connectivity index is 1.15. The summed E-state index contributed by atoms with van der Waals surface area (Å²) < 4.78 is 40.9. The van der Waals surface area contributed by atoms with Gasteiger partial charge in [-0.2, -0.15) is 0 Å². The third-order valence-corrected chi connectivity index (χ3v) is 6.40. The van der Waals surface area contributed by atoms with Gasteiger partial charge in [0.05, 0.1) is 12.6 Å². The molecule has 1 aliphatic carbocycles. The van der Waals surface area contributed by atoms with Gasteiger partial charge in [-0.05, 0) is 54.8 Å². The highest BCUT2D eigenvalue weighted by Gasteiger charge is 2.55. The number of nitrogens with one attached hydrogen (secondary N) is 1. The van der Waals surface area contributed by atoms with Crippen LogP contribution in [0.25, 0.3) is 0 Å². The maximum atomic E-state index is 12.4. The number of β-amino-alcohol motifs (C(OH)–C–C–N with tert-alkyl or cyclic N) is 1. The van der Waals surface area contributed by atoms with E-state index >= 15 is 0 Å². The number of alkyl halides is 3. The first-order valence-corrected chi connectivity index (χ1v) is 10.5. The zero-order chi connectivity index (χ0) is 21.3. The van der Waals surface area contributed by atoms with E-state index in [9.17, 15) is 23.1 Å². The number of hydrogen-bond donors (Lipinski definition) is 2. The summed E-state index contributed by atoms with van der Waals surface area (Å²) in [6, 6.07) is 6.02. The topological polar surface area (TPSA) is 65.0 Å². The number of halogens is 3. The number of amides is 1. The average Bonchev–Trinajstić information content (AvgIpc) is 3.12. The van der Waals surface area contributed by atoms with E-state index in [1.165, 1.54) is 12.1 Å². The Bertz CT molecular complexity index is 749. The standard InChI is InChI=1S/C21H28F3N3O3/c22-21(23,24)30-16-5-1-3-14(7-16)8-25-9-17-18-11-26(12-19(17)18)13-20(29)27-6-2-4-15(28)10-27/h1,3,5,7,15,17-19,25,28H,2,4,6,8-13H2. The van der Waals surface area contributed by atoms with Crippen molar-refractivity contribution >= 4 is 5.91 Å². The van der Waals surface area contributed by atoms with Gasteiger partial charge in [0.2, 0.25) is 5.91 Å². The Kier molecular flexibility index (Phi) is 6.22. The average molecular weight is 427 g/mol. The van der Waals surface area contributed by atoms with Gasteiger partial charge in [-0.15, -0.1) is 13.2 Å². The summed E-state index contributed by atoms with van der Waals surface area (Å²) >= 11 is 0. The predicted octanol–water partition coefficient (Wildman–Crippen LogP) is 1.84.